The minimum absolute atomic E-state index is 0.115. The van der Waals surface area contributed by atoms with Gasteiger partial charge >= 0.3 is 0 Å². The van der Waals surface area contributed by atoms with Crippen LogP contribution in [0.5, 0.6) is 17.2 Å². The van der Waals surface area contributed by atoms with Crippen LogP contribution in [-0.2, 0) is 6.61 Å². The highest BCUT2D eigenvalue weighted by atomic mass is 16.7. The van der Waals surface area contributed by atoms with E-state index >= 15 is 0 Å². The number of rotatable bonds is 7. The van der Waals surface area contributed by atoms with E-state index in [2.05, 4.69) is 21.2 Å². The molecule has 148 valence electrons. The van der Waals surface area contributed by atoms with Crippen molar-refractivity contribution in [1.29, 1.82) is 0 Å². The number of aromatic nitrogens is 1. The summed E-state index contributed by atoms with van der Waals surface area (Å²) in [6.07, 6.45) is 4.97. The Hall–Kier alpha value is -2.78. The summed E-state index contributed by atoms with van der Waals surface area (Å²) < 4.78 is 21.6. The van der Waals surface area contributed by atoms with Crippen molar-refractivity contribution >= 4 is 5.91 Å². The van der Waals surface area contributed by atoms with Crippen LogP contribution in [0.2, 0.25) is 0 Å². The number of oxazole rings is 1. The molecule has 1 saturated heterocycles. The number of amides is 1. The summed E-state index contributed by atoms with van der Waals surface area (Å²) in [5.41, 5.74) is 6.81. The lowest BCUT2D eigenvalue weighted by Gasteiger charge is -2.09. The van der Waals surface area contributed by atoms with Gasteiger partial charge in [-0.25, -0.2) is 4.98 Å². The average molecular weight is 386 g/mol. The third-order valence-corrected chi connectivity index (χ3v) is 5.20. The minimum Gasteiger partial charge on any atom is -0.484 e. The molecular weight excluding hydrogens is 364 g/mol. The van der Waals surface area contributed by atoms with Gasteiger partial charge in [-0.05, 0) is 37.3 Å². The van der Waals surface area contributed by atoms with Crippen molar-refractivity contribution in [3.63, 3.8) is 0 Å². The third-order valence-electron chi connectivity index (χ3n) is 5.20. The molecule has 0 radical (unpaired) electrons. The van der Waals surface area contributed by atoms with Gasteiger partial charge in [0.05, 0.1) is 0 Å². The molecule has 9 heteroatoms. The van der Waals surface area contributed by atoms with Gasteiger partial charge < -0.3 is 23.9 Å². The molecule has 2 unspecified atom stereocenters. The number of fused-ring (bicyclic) bond motifs is 1. The van der Waals surface area contributed by atoms with Gasteiger partial charge in [0.15, 0.2) is 23.8 Å². The molecule has 3 N–H and O–H groups in total. The summed E-state index contributed by atoms with van der Waals surface area (Å²) in [6.45, 7) is 0.875. The normalized spacial score (nSPS) is 23.0. The first kappa shape index (κ1) is 17.3. The van der Waals surface area contributed by atoms with Crippen LogP contribution in [0.1, 0.15) is 35.6 Å². The average Bonchev–Trinajstić information content (AvgIpc) is 3.13. The van der Waals surface area contributed by atoms with Gasteiger partial charge in [0.2, 0.25) is 12.7 Å². The van der Waals surface area contributed by atoms with Crippen molar-refractivity contribution in [3.05, 3.63) is 36.0 Å². The van der Waals surface area contributed by atoms with Gasteiger partial charge in [0.25, 0.3) is 5.91 Å². The summed E-state index contributed by atoms with van der Waals surface area (Å²) in [5.74, 6) is 2.81. The molecule has 3 heterocycles. The van der Waals surface area contributed by atoms with Crippen molar-refractivity contribution in [2.75, 3.05) is 13.3 Å². The van der Waals surface area contributed by atoms with E-state index in [1.54, 1.807) is 18.2 Å². The highest BCUT2D eigenvalue weighted by Crippen LogP contribution is 2.36. The molecule has 0 bridgehead atoms. The quantitative estimate of drug-likeness (QED) is 0.655. The zero-order valence-corrected chi connectivity index (χ0v) is 15.3. The summed E-state index contributed by atoms with van der Waals surface area (Å²) in [4.78, 5) is 16.5. The van der Waals surface area contributed by atoms with Crippen LogP contribution < -0.4 is 30.4 Å². The predicted molar refractivity (Wildman–Crippen MR) is 96.9 cm³/mol. The van der Waals surface area contributed by atoms with E-state index in [0.29, 0.717) is 35.7 Å². The molecule has 1 aromatic heterocycles. The second-order valence-electron chi connectivity index (χ2n) is 7.31. The Bertz CT molecular complexity index is 866. The van der Waals surface area contributed by atoms with E-state index in [0.717, 1.165) is 12.3 Å². The molecule has 0 spiro atoms. The molecule has 1 amide bonds. The zero-order chi connectivity index (χ0) is 18.9. The number of hydrogen-bond donors (Lipinski definition) is 3. The van der Waals surface area contributed by atoms with Crippen LogP contribution in [-0.4, -0.2) is 36.3 Å². The fourth-order valence-electron chi connectivity index (χ4n) is 3.49. The molecule has 1 aliphatic carbocycles. The smallest absolute Gasteiger partial charge is 0.273 e. The lowest BCUT2D eigenvalue weighted by Crippen LogP contribution is -2.40. The summed E-state index contributed by atoms with van der Waals surface area (Å²) in [7, 11) is 0. The van der Waals surface area contributed by atoms with Crippen LogP contribution >= 0.6 is 0 Å². The Labute approximate surface area is 161 Å². The number of ether oxygens (including phenoxy) is 3. The first-order valence-corrected chi connectivity index (χ1v) is 9.51. The Morgan fingerprint density at radius 3 is 3.04 bits per heavy atom. The zero-order valence-electron chi connectivity index (χ0n) is 15.3. The van der Waals surface area contributed by atoms with Gasteiger partial charge in [0, 0.05) is 24.7 Å². The molecule has 2 atom stereocenters. The highest BCUT2D eigenvalue weighted by molar-refractivity contribution is 5.91. The molecule has 2 aliphatic heterocycles. The number of hydrogen-bond acceptors (Lipinski definition) is 8. The molecule has 2 fully saturated rings. The molecule has 2 aromatic rings. The van der Waals surface area contributed by atoms with Crippen LogP contribution in [0, 0.1) is 5.92 Å². The van der Waals surface area contributed by atoms with Crippen molar-refractivity contribution < 1.29 is 23.4 Å². The second-order valence-corrected chi connectivity index (χ2v) is 7.31. The van der Waals surface area contributed by atoms with Crippen LogP contribution in [0.3, 0.4) is 0 Å². The third kappa shape index (κ3) is 3.76. The molecular formula is C19H22N4O5. The van der Waals surface area contributed by atoms with Crippen molar-refractivity contribution in [2.24, 2.45) is 5.92 Å². The van der Waals surface area contributed by atoms with Crippen molar-refractivity contribution in [1.82, 2.24) is 21.2 Å². The van der Waals surface area contributed by atoms with Crippen LogP contribution in [0.25, 0.3) is 0 Å². The van der Waals surface area contributed by atoms with Gasteiger partial charge in [-0.2, -0.15) is 0 Å². The fourth-order valence-corrected chi connectivity index (χ4v) is 3.49. The van der Waals surface area contributed by atoms with E-state index in [1.807, 2.05) is 0 Å². The fraction of sp³-hybridized carbons (Fsp3) is 0.474. The second kappa shape index (κ2) is 7.33. The number of nitrogens with zero attached hydrogens (tertiary/aromatic N) is 1. The number of benzene rings is 1. The van der Waals surface area contributed by atoms with Crippen molar-refractivity contribution in [3.8, 4) is 17.2 Å². The topological polar surface area (TPSA) is 107 Å². The van der Waals surface area contributed by atoms with Gasteiger partial charge in [-0.15, -0.1) is 0 Å². The van der Waals surface area contributed by atoms with Crippen LogP contribution in [0.4, 0.5) is 0 Å². The SMILES string of the molecule is O=C(NCC1CC(C2CC2)NN1)c1coc(COc2ccc3c(c2)OCO3)n1. The number of nitrogens with one attached hydrogen (secondary N) is 3. The predicted octanol–water partition coefficient (Wildman–Crippen LogP) is 1.36. The number of hydrazine groups is 1. The maximum atomic E-state index is 12.3. The lowest BCUT2D eigenvalue weighted by atomic mass is 10.1. The Morgan fingerprint density at radius 1 is 1.25 bits per heavy atom. The first-order chi connectivity index (χ1) is 13.7. The monoisotopic (exact) mass is 386 g/mol. The summed E-state index contributed by atoms with van der Waals surface area (Å²) in [6, 6.07) is 6.06. The maximum Gasteiger partial charge on any atom is 0.273 e. The summed E-state index contributed by atoms with van der Waals surface area (Å²) in [5, 5.41) is 2.90. The highest BCUT2D eigenvalue weighted by Gasteiger charge is 2.36. The first-order valence-electron chi connectivity index (χ1n) is 9.51. The Balaban J connectivity index is 1.10. The minimum atomic E-state index is -0.255. The van der Waals surface area contributed by atoms with Gasteiger partial charge in [-0.1, -0.05) is 0 Å². The van der Waals surface area contributed by atoms with Crippen LogP contribution in [0.15, 0.2) is 28.9 Å². The Kier molecular flexibility index (Phi) is 4.53. The van der Waals surface area contributed by atoms with E-state index in [4.69, 9.17) is 18.6 Å². The van der Waals surface area contributed by atoms with Gasteiger partial charge in [-0.3, -0.25) is 15.6 Å². The molecule has 3 aliphatic rings. The number of carbonyl (C=O) groups is 1. The molecule has 9 nitrogen and oxygen atoms in total. The van der Waals surface area contributed by atoms with E-state index in [9.17, 15) is 4.79 Å². The molecule has 1 aromatic carbocycles. The standard InChI is InChI=1S/C19H22N4O5/c24-19(20-7-12-5-14(23-22-12)11-1-2-11)15-8-26-18(21-15)9-25-13-3-4-16-17(6-13)28-10-27-16/h3-4,6,8,11-12,14,22-23H,1-2,5,7,9-10H2,(H,20,24). The van der Waals surface area contributed by atoms with E-state index < -0.39 is 0 Å². The number of carbonyl (C=O) groups excluding carboxylic acids is 1. The molecule has 5 rings (SSSR count). The Morgan fingerprint density at radius 2 is 2.14 bits per heavy atom. The van der Waals surface area contributed by atoms with E-state index in [1.165, 1.54) is 19.1 Å². The van der Waals surface area contributed by atoms with Crippen molar-refractivity contribution in [2.45, 2.75) is 38.0 Å². The molecule has 1 saturated carbocycles. The summed E-state index contributed by atoms with van der Waals surface area (Å²) >= 11 is 0. The van der Waals surface area contributed by atoms with E-state index in [-0.39, 0.29) is 31.0 Å². The molecule has 28 heavy (non-hydrogen) atoms. The maximum absolute atomic E-state index is 12.3. The largest absolute Gasteiger partial charge is 0.484 e. The van der Waals surface area contributed by atoms with Gasteiger partial charge in [0.1, 0.15) is 12.0 Å². The lowest BCUT2D eigenvalue weighted by molar-refractivity contribution is 0.0945.